The van der Waals surface area contributed by atoms with Crippen LogP contribution in [-0.2, 0) is 4.57 Å². The summed E-state index contributed by atoms with van der Waals surface area (Å²) >= 11 is 0. The summed E-state index contributed by atoms with van der Waals surface area (Å²) in [6.45, 7) is 1.72. The fourth-order valence-electron chi connectivity index (χ4n) is 0.583. The number of hydrogen-bond acceptors (Lipinski definition) is 1. The Bertz CT molecular complexity index is 204. The van der Waals surface area contributed by atoms with E-state index in [-0.39, 0.29) is 0 Å². The van der Waals surface area contributed by atoms with Crippen molar-refractivity contribution in [3.8, 4) is 0 Å². The molecule has 1 aliphatic rings. The van der Waals surface area contributed by atoms with Crippen molar-refractivity contribution in [3.63, 3.8) is 0 Å². The second-order valence-electron chi connectivity index (χ2n) is 1.81. The largest absolute Gasteiger partial charge is 0.286 e. The van der Waals surface area contributed by atoms with Crippen LogP contribution in [0.2, 0.25) is 0 Å². The lowest BCUT2D eigenvalue weighted by Gasteiger charge is -1.85. The van der Waals surface area contributed by atoms with Gasteiger partial charge in [0.05, 0.1) is 0 Å². The van der Waals surface area contributed by atoms with E-state index in [2.05, 4.69) is 0 Å². The molecule has 0 aromatic heterocycles. The van der Waals surface area contributed by atoms with Gasteiger partial charge in [0.2, 0.25) is 0 Å². The Hall–Kier alpha value is -0.360. The van der Waals surface area contributed by atoms with E-state index >= 15 is 0 Å². The lowest BCUT2D eigenvalue weighted by atomic mass is 10.4. The molecule has 0 spiro atoms. The summed E-state index contributed by atoms with van der Waals surface area (Å²) < 4.78 is 22.6. The van der Waals surface area contributed by atoms with Crippen molar-refractivity contribution in [1.29, 1.82) is 0 Å². The van der Waals surface area contributed by atoms with Crippen molar-refractivity contribution in [2.75, 3.05) is 0 Å². The molecule has 3 heteroatoms. The molecule has 0 saturated carbocycles. The molecule has 1 rings (SSSR count). The van der Waals surface area contributed by atoms with E-state index in [1.807, 2.05) is 0 Å². The molecule has 0 aromatic carbocycles. The third-order valence-electron chi connectivity index (χ3n) is 0.920. The maximum atomic E-state index is 12.3. The van der Waals surface area contributed by atoms with Crippen LogP contribution in [0.5, 0.6) is 0 Å². The first kappa shape index (κ1) is 5.77. The van der Waals surface area contributed by atoms with Crippen LogP contribution in [0.15, 0.2) is 23.3 Å². The summed E-state index contributed by atoms with van der Waals surface area (Å²) in [6.07, 6.45) is 1.53. The summed E-state index contributed by atoms with van der Waals surface area (Å²) in [5.41, 5.74) is 0.746. The lowest BCUT2D eigenvalue weighted by molar-refractivity contribution is 0.557. The number of hydrogen-bond donors (Lipinski definition) is 0. The van der Waals surface area contributed by atoms with Gasteiger partial charge >= 0.3 is 0 Å². The van der Waals surface area contributed by atoms with Crippen LogP contribution >= 0.6 is 7.45 Å². The predicted molar refractivity (Wildman–Crippen MR) is 31.6 cm³/mol. The van der Waals surface area contributed by atoms with E-state index < -0.39 is 7.45 Å². The van der Waals surface area contributed by atoms with Gasteiger partial charge in [-0.05, 0) is 12.5 Å². The second-order valence-corrected chi connectivity index (χ2v) is 3.62. The van der Waals surface area contributed by atoms with E-state index in [0.29, 0.717) is 0 Å². The summed E-state index contributed by atoms with van der Waals surface area (Å²) in [7, 11) is -3.44. The first-order valence-corrected chi connectivity index (χ1v) is 4.01. The third-order valence-corrected chi connectivity index (χ3v) is 2.24. The van der Waals surface area contributed by atoms with Crippen LogP contribution in [-0.4, -0.2) is 0 Å². The first-order valence-electron chi connectivity index (χ1n) is 2.28. The van der Waals surface area contributed by atoms with Gasteiger partial charge in [-0.2, -0.15) is 4.20 Å². The zero-order chi connectivity index (χ0) is 6.20. The minimum Gasteiger partial charge on any atom is -0.279 e. The van der Waals surface area contributed by atoms with Gasteiger partial charge in [-0.15, -0.1) is 0 Å². The maximum absolute atomic E-state index is 12.3. The average Bonchev–Trinajstić information content (AvgIpc) is 1.82. The van der Waals surface area contributed by atoms with E-state index in [9.17, 15) is 8.76 Å². The highest BCUT2D eigenvalue weighted by Gasteiger charge is 2.16. The number of rotatable bonds is 0. The molecule has 1 aliphatic heterocycles. The molecule has 0 aromatic rings. The van der Waals surface area contributed by atoms with E-state index in [4.69, 9.17) is 0 Å². The molecule has 44 valence electrons. The fourth-order valence-corrected chi connectivity index (χ4v) is 1.75. The van der Waals surface area contributed by atoms with Crippen molar-refractivity contribution < 1.29 is 8.76 Å². The molecule has 0 N–H and O–H groups in total. The summed E-state index contributed by atoms with van der Waals surface area (Å²) in [5, 5.41) is 0. The molecule has 0 radical (unpaired) electrons. The predicted octanol–water partition coefficient (Wildman–Crippen LogP) is 2.67. The van der Waals surface area contributed by atoms with Crippen LogP contribution in [0.25, 0.3) is 0 Å². The van der Waals surface area contributed by atoms with Gasteiger partial charge in [0.15, 0.2) is 0 Å². The zero-order valence-corrected chi connectivity index (χ0v) is 5.36. The van der Waals surface area contributed by atoms with E-state index in [0.717, 1.165) is 17.2 Å². The molecular weight excluding hydrogens is 126 g/mol. The van der Waals surface area contributed by atoms with E-state index in [1.54, 1.807) is 6.92 Å². The Morgan fingerprint density at radius 3 is 2.50 bits per heavy atom. The molecule has 1 atom stereocenters. The monoisotopic (exact) mass is 132 g/mol. The Balaban J connectivity index is 3.01. The van der Waals surface area contributed by atoms with Crippen LogP contribution in [0.3, 0.4) is 0 Å². The Morgan fingerprint density at radius 1 is 1.75 bits per heavy atom. The molecule has 0 amide bonds. The molecule has 1 nitrogen and oxygen atoms in total. The van der Waals surface area contributed by atoms with Crippen molar-refractivity contribution in [2.24, 2.45) is 0 Å². The van der Waals surface area contributed by atoms with Crippen LogP contribution in [0.1, 0.15) is 6.92 Å². The molecule has 0 fully saturated rings. The van der Waals surface area contributed by atoms with Crippen molar-refractivity contribution in [1.82, 2.24) is 0 Å². The van der Waals surface area contributed by atoms with Gasteiger partial charge in [0.1, 0.15) is 0 Å². The van der Waals surface area contributed by atoms with Gasteiger partial charge < -0.3 is 0 Å². The molecule has 1 heterocycles. The van der Waals surface area contributed by atoms with Crippen LogP contribution in [0.4, 0.5) is 4.20 Å². The molecule has 0 saturated heterocycles. The Kier molecular flexibility index (Phi) is 1.12. The van der Waals surface area contributed by atoms with Gasteiger partial charge in [-0.25, -0.2) is 0 Å². The van der Waals surface area contributed by atoms with Gasteiger partial charge in [0, 0.05) is 11.6 Å². The van der Waals surface area contributed by atoms with Crippen molar-refractivity contribution >= 4 is 7.45 Å². The van der Waals surface area contributed by atoms with E-state index in [1.165, 1.54) is 6.08 Å². The SMILES string of the molecule is CC1=CP(=O)(F)C=C1. The molecular formula is C5H6FOP. The maximum Gasteiger partial charge on any atom is 0.286 e. The third kappa shape index (κ3) is 1.07. The van der Waals surface area contributed by atoms with Crippen molar-refractivity contribution in [2.45, 2.75) is 6.92 Å². The smallest absolute Gasteiger partial charge is 0.279 e. The zero-order valence-electron chi connectivity index (χ0n) is 4.47. The number of halogens is 1. The lowest BCUT2D eigenvalue weighted by Crippen LogP contribution is -1.53. The van der Waals surface area contributed by atoms with Gasteiger partial charge in [-0.1, -0.05) is 6.08 Å². The highest BCUT2D eigenvalue weighted by molar-refractivity contribution is 7.65. The molecule has 8 heavy (non-hydrogen) atoms. The van der Waals surface area contributed by atoms with Crippen LogP contribution in [0, 0.1) is 0 Å². The quantitative estimate of drug-likeness (QED) is 0.463. The normalized spacial score (nSPS) is 35.5. The Labute approximate surface area is 47.4 Å². The van der Waals surface area contributed by atoms with Gasteiger partial charge in [0.25, 0.3) is 7.45 Å². The molecule has 1 unspecified atom stereocenters. The second kappa shape index (κ2) is 1.56. The minimum atomic E-state index is -3.44. The first-order chi connectivity index (χ1) is 3.60. The Morgan fingerprint density at radius 2 is 2.38 bits per heavy atom. The topological polar surface area (TPSA) is 17.1 Å². The number of allylic oxidation sites excluding steroid dienone is 2. The van der Waals surface area contributed by atoms with Gasteiger partial charge in [-0.3, -0.25) is 4.57 Å². The summed E-state index contributed by atoms with van der Waals surface area (Å²) in [4.78, 5) is 0. The highest BCUT2D eigenvalue weighted by atomic mass is 31.2. The highest BCUT2D eigenvalue weighted by Crippen LogP contribution is 2.55. The minimum absolute atomic E-state index is 0.746. The summed E-state index contributed by atoms with van der Waals surface area (Å²) in [5.74, 6) is 2.27. The fraction of sp³-hybridized carbons (Fsp3) is 0.200. The average molecular weight is 132 g/mol. The summed E-state index contributed by atoms with van der Waals surface area (Å²) in [6, 6.07) is 0. The standard InChI is InChI=1S/C5H6FOP/c1-5-2-3-8(6,7)4-5/h2-4H,1H3. The molecule has 0 bridgehead atoms. The van der Waals surface area contributed by atoms with Crippen molar-refractivity contribution in [3.05, 3.63) is 23.3 Å². The molecule has 0 aliphatic carbocycles. The van der Waals surface area contributed by atoms with Crippen LogP contribution < -0.4 is 0 Å².